The summed E-state index contributed by atoms with van der Waals surface area (Å²) in [6, 6.07) is -1.21. The zero-order chi connectivity index (χ0) is 10.9. The zero-order valence-electron chi connectivity index (χ0n) is 8.07. The molecular weight excluding hydrogens is 186 g/mol. The summed E-state index contributed by atoms with van der Waals surface area (Å²) in [6.45, 7) is 2.40. The van der Waals surface area contributed by atoms with Crippen LogP contribution in [0.4, 0.5) is 0 Å². The van der Waals surface area contributed by atoms with E-state index in [1.165, 1.54) is 13.8 Å². The monoisotopic (exact) mass is 197 g/mol. The highest BCUT2D eigenvalue weighted by atomic mass is 16.2. The van der Waals surface area contributed by atoms with Crippen LogP contribution in [0.5, 0.6) is 0 Å². The highest BCUT2D eigenvalue weighted by Crippen LogP contribution is 2.16. The molecule has 0 N–H and O–H groups in total. The normalized spacial score (nSPS) is 16.6. The summed E-state index contributed by atoms with van der Waals surface area (Å²) in [7, 11) is 0. The summed E-state index contributed by atoms with van der Waals surface area (Å²) in [4.78, 5) is 45.4. The molecule has 1 rings (SSSR count). The number of amides is 2. The van der Waals surface area contributed by atoms with E-state index in [0.717, 1.165) is 4.90 Å². The topological polar surface area (TPSA) is 71.5 Å². The third-order valence-electron chi connectivity index (χ3n) is 2.12. The van der Waals surface area contributed by atoms with Crippen molar-refractivity contribution in [1.29, 1.82) is 0 Å². The van der Waals surface area contributed by atoms with E-state index < -0.39 is 29.4 Å². The molecule has 0 aromatic rings. The molecule has 76 valence electrons. The molecule has 0 unspecified atom stereocenters. The molecule has 1 heterocycles. The second kappa shape index (κ2) is 3.69. The van der Waals surface area contributed by atoms with Gasteiger partial charge in [0.1, 0.15) is 0 Å². The molecule has 0 bridgehead atoms. The first-order valence-corrected chi connectivity index (χ1v) is 4.31. The quantitative estimate of drug-likeness (QED) is 0.459. The van der Waals surface area contributed by atoms with Crippen molar-refractivity contribution < 1.29 is 19.2 Å². The first-order valence-electron chi connectivity index (χ1n) is 4.31. The zero-order valence-corrected chi connectivity index (χ0v) is 8.07. The molecule has 5 heteroatoms. The first-order chi connectivity index (χ1) is 6.45. The van der Waals surface area contributed by atoms with Gasteiger partial charge < -0.3 is 0 Å². The van der Waals surface area contributed by atoms with Crippen molar-refractivity contribution in [3.8, 4) is 0 Å². The van der Waals surface area contributed by atoms with Gasteiger partial charge in [-0.25, -0.2) is 0 Å². The lowest BCUT2D eigenvalue weighted by Crippen LogP contribution is -2.47. The lowest BCUT2D eigenvalue weighted by atomic mass is 10.1. The maximum absolute atomic E-state index is 11.2. The molecule has 14 heavy (non-hydrogen) atoms. The van der Waals surface area contributed by atoms with Crippen molar-refractivity contribution >= 4 is 23.4 Å². The second-order valence-electron chi connectivity index (χ2n) is 3.28. The lowest BCUT2D eigenvalue weighted by Gasteiger charge is -2.20. The standard InChI is InChI=1S/C9H11NO4/c1-5(11)9(6(2)12)10-7(13)3-4-8(10)14/h9H,3-4H2,1-2H3. The van der Waals surface area contributed by atoms with E-state index in [0.29, 0.717) is 0 Å². The van der Waals surface area contributed by atoms with Crippen LogP contribution in [0.2, 0.25) is 0 Å². The number of rotatable bonds is 3. The maximum Gasteiger partial charge on any atom is 0.230 e. The minimum atomic E-state index is -1.21. The van der Waals surface area contributed by atoms with Gasteiger partial charge in [-0.3, -0.25) is 24.1 Å². The molecule has 0 aromatic carbocycles. The van der Waals surface area contributed by atoms with E-state index in [4.69, 9.17) is 0 Å². The van der Waals surface area contributed by atoms with Gasteiger partial charge in [0, 0.05) is 12.8 Å². The van der Waals surface area contributed by atoms with Crippen LogP contribution in [0.15, 0.2) is 0 Å². The Morgan fingerprint density at radius 3 is 1.71 bits per heavy atom. The molecule has 0 spiro atoms. The smallest absolute Gasteiger partial charge is 0.230 e. The predicted molar refractivity (Wildman–Crippen MR) is 46.2 cm³/mol. The van der Waals surface area contributed by atoms with Gasteiger partial charge in [0.05, 0.1) is 0 Å². The fourth-order valence-electron chi connectivity index (χ4n) is 1.53. The molecule has 0 aliphatic carbocycles. The molecule has 5 nitrogen and oxygen atoms in total. The third-order valence-corrected chi connectivity index (χ3v) is 2.12. The van der Waals surface area contributed by atoms with Crippen molar-refractivity contribution in [2.75, 3.05) is 0 Å². The van der Waals surface area contributed by atoms with Crippen LogP contribution in [0, 0.1) is 0 Å². The fourth-order valence-corrected chi connectivity index (χ4v) is 1.53. The minimum Gasteiger partial charge on any atom is -0.297 e. The molecule has 1 aliphatic rings. The Labute approximate surface area is 81.1 Å². The van der Waals surface area contributed by atoms with Crippen LogP contribution < -0.4 is 0 Å². The lowest BCUT2D eigenvalue weighted by molar-refractivity contribution is -0.149. The van der Waals surface area contributed by atoms with E-state index >= 15 is 0 Å². The average molecular weight is 197 g/mol. The Kier molecular flexibility index (Phi) is 2.78. The molecule has 0 saturated carbocycles. The molecular formula is C9H11NO4. The number of likely N-dealkylation sites (tertiary alicyclic amines) is 1. The summed E-state index contributed by atoms with van der Waals surface area (Å²) < 4.78 is 0. The largest absolute Gasteiger partial charge is 0.297 e. The van der Waals surface area contributed by atoms with Crippen LogP contribution in [0.3, 0.4) is 0 Å². The van der Waals surface area contributed by atoms with Gasteiger partial charge in [0.2, 0.25) is 11.8 Å². The number of Topliss-reactive ketones (excluding diaryl/α,β-unsaturated/α-hetero) is 2. The van der Waals surface area contributed by atoms with Crippen molar-refractivity contribution in [1.82, 2.24) is 4.90 Å². The van der Waals surface area contributed by atoms with Crippen molar-refractivity contribution in [2.45, 2.75) is 32.7 Å². The number of hydrogen-bond donors (Lipinski definition) is 0. The molecule has 2 amide bonds. The number of ketones is 2. The number of carbonyl (C=O) groups excluding carboxylic acids is 4. The SMILES string of the molecule is CC(=O)C(C(C)=O)N1C(=O)CCC1=O. The van der Waals surface area contributed by atoms with Crippen LogP contribution in [-0.4, -0.2) is 34.3 Å². The Hall–Kier alpha value is -1.52. The van der Waals surface area contributed by atoms with Gasteiger partial charge in [-0.1, -0.05) is 0 Å². The van der Waals surface area contributed by atoms with Crippen LogP contribution in [-0.2, 0) is 19.2 Å². The summed E-state index contributed by atoms with van der Waals surface area (Å²) in [5.74, 6) is -1.82. The maximum atomic E-state index is 11.2. The molecule has 0 aromatic heterocycles. The molecule has 1 saturated heterocycles. The number of nitrogens with zero attached hydrogens (tertiary/aromatic N) is 1. The highest BCUT2D eigenvalue weighted by molar-refractivity contribution is 6.14. The number of imide groups is 1. The molecule has 1 aliphatic heterocycles. The van der Waals surface area contributed by atoms with E-state index in [1.54, 1.807) is 0 Å². The summed E-state index contributed by atoms with van der Waals surface area (Å²) in [6.07, 6.45) is 0.186. The summed E-state index contributed by atoms with van der Waals surface area (Å²) in [5, 5.41) is 0. The Morgan fingerprint density at radius 1 is 1.07 bits per heavy atom. The highest BCUT2D eigenvalue weighted by Gasteiger charge is 2.39. The van der Waals surface area contributed by atoms with Crippen molar-refractivity contribution in [3.05, 3.63) is 0 Å². The van der Waals surface area contributed by atoms with Crippen molar-refractivity contribution in [2.24, 2.45) is 0 Å². The van der Waals surface area contributed by atoms with Gasteiger partial charge in [0.15, 0.2) is 17.6 Å². The second-order valence-corrected chi connectivity index (χ2v) is 3.28. The van der Waals surface area contributed by atoms with E-state index in [-0.39, 0.29) is 12.8 Å². The van der Waals surface area contributed by atoms with Crippen LogP contribution in [0.1, 0.15) is 26.7 Å². The van der Waals surface area contributed by atoms with Crippen LogP contribution in [0.25, 0.3) is 0 Å². The Bertz CT molecular complexity index is 291. The van der Waals surface area contributed by atoms with Gasteiger partial charge in [-0.2, -0.15) is 0 Å². The van der Waals surface area contributed by atoms with E-state index in [2.05, 4.69) is 0 Å². The Balaban J connectivity index is 2.98. The van der Waals surface area contributed by atoms with Crippen LogP contribution >= 0.6 is 0 Å². The fraction of sp³-hybridized carbons (Fsp3) is 0.556. The van der Waals surface area contributed by atoms with Crippen molar-refractivity contribution in [3.63, 3.8) is 0 Å². The van der Waals surface area contributed by atoms with E-state index in [9.17, 15) is 19.2 Å². The molecule has 1 fully saturated rings. The average Bonchev–Trinajstić information content (AvgIpc) is 2.34. The van der Waals surface area contributed by atoms with Gasteiger partial charge in [-0.15, -0.1) is 0 Å². The first kappa shape index (κ1) is 10.6. The third kappa shape index (κ3) is 1.71. The minimum absolute atomic E-state index is 0.0931. The number of carbonyl (C=O) groups is 4. The summed E-state index contributed by atoms with van der Waals surface area (Å²) in [5.41, 5.74) is 0. The molecule has 0 radical (unpaired) electrons. The van der Waals surface area contributed by atoms with Gasteiger partial charge >= 0.3 is 0 Å². The van der Waals surface area contributed by atoms with Gasteiger partial charge in [0.25, 0.3) is 0 Å². The van der Waals surface area contributed by atoms with E-state index in [1.807, 2.05) is 0 Å². The number of hydrogen-bond acceptors (Lipinski definition) is 4. The molecule has 0 atom stereocenters. The summed E-state index contributed by atoms with van der Waals surface area (Å²) >= 11 is 0. The van der Waals surface area contributed by atoms with Gasteiger partial charge in [-0.05, 0) is 13.8 Å². The predicted octanol–water partition coefficient (Wildman–Crippen LogP) is -0.318. The Morgan fingerprint density at radius 2 is 1.43 bits per heavy atom.